The third-order valence-corrected chi connectivity index (χ3v) is 5.71. The zero-order valence-electron chi connectivity index (χ0n) is 18.0. The Balaban J connectivity index is 0.00000341. The first-order chi connectivity index (χ1) is 14.5. The summed E-state index contributed by atoms with van der Waals surface area (Å²) >= 11 is 1.34. The number of halogens is 1. The molecule has 166 valence electrons. The molecule has 1 unspecified atom stereocenters. The lowest BCUT2D eigenvalue weighted by atomic mass is 10.2. The fourth-order valence-electron chi connectivity index (χ4n) is 2.82. The summed E-state index contributed by atoms with van der Waals surface area (Å²) in [7, 11) is 1.72. The number of aliphatic imine (C=N–C) groups is 1. The molecule has 0 aliphatic heterocycles. The van der Waals surface area contributed by atoms with Crippen LogP contribution in [-0.4, -0.2) is 40.3 Å². The van der Waals surface area contributed by atoms with Crippen molar-refractivity contribution in [3.05, 3.63) is 63.9 Å². The second-order valence-corrected chi connectivity index (χ2v) is 7.63. The fourth-order valence-corrected chi connectivity index (χ4v) is 3.79. The first kappa shape index (κ1) is 24.8. The van der Waals surface area contributed by atoms with E-state index in [2.05, 4.69) is 37.8 Å². The number of benzene rings is 1. The van der Waals surface area contributed by atoms with Gasteiger partial charge in [0.2, 0.25) is 0 Å². The van der Waals surface area contributed by atoms with Crippen molar-refractivity contribution in [3.63, 3.8) is 0 Å². The van der Waals surface area contributed by atoms with E-state index in [0.29, 0.717) is 29.7 Å². The number of ether oxygens (including phenoxy) is 1. The van der Waals surface area contributed by atoms with Gasteiger partial charge in [0.15, 0.2) is 5.96 Å². The maximum Gasteiger partial charge on any atom is 0.350 e. The van der Waals surface area contributed by atoms with Crippen LogP contribution in [0.3, 0.4) is 0 Å². The van der Waals surface area contributed by atoms with Crippen LogP contribution in [0.4, 0.5) is 0 Å². The van der Waals surface area contributed by atoms with Crippen LogP contribution >= 0.6 is 35.3 Å². The highest BCUT2D eigenvalue weighted by atomic mass is 127. The molecular weight excluding hydrogens is 527 g/mol. The van der Waals surface area contributed by atoms with Crippen LogP contribution in [0.2, 0.25) is 0 Å². The SMILES string of the molecule is CCOC(=O)c1sc(C(C)NC(=NC)NCc2ccc(-n3cccn3)cc2)nc1C.I. The van der Waals surface area contributed by atoms with Crippen molar-refractivity contribution in [2.75, 3.05) is 13.7 Å². The summed E-state index contributed by atoms with van der Waals surface area (Å²) in [5.41, 5.74) is 2.81. The van der Waals surface area contributed by atoms with E-state index in [-0.39, 0.29) is 36.0 Å². The van der Waals surface area contributed by atoms with E-state index in [1.165, 1.54) is 11.3 Å². The molecule has 0 aliphatic rings. The summed E-state index contributed by atoms with van der Waals surface area (Å²) in [5.74, 6) is 0.330. The lowest BCUT2D eigenvalue weighted by molar-refractivity contribution is 0.0531. The Kier molecular flexibility index (Phi) is 9.44. The second kappa shape index (κ2) is 11.8. The molecule has 2 aromatic heterocycles. The molecule has 2 heterocycles. The molecular formula is C21H27IN6O2S. The molecule has 3 rings (SSSR count). The van der Waals surface area contributed by atoms with Crippen molar-refractivity contribution < 1.29 is 9.53 Å². The zero-order chi connectivity index (χ0) is 21.5. The Morgan fingerprint density at radius 3 is 2.68 bits per heavy atom. The number of rotatable bonds is 7. The number of nitrogens with zero attached hydrogens (tertiary/aromatic N) is 4. The lowest BCUT2D eigenvalue weighted by Crippen LogP contribution is -2.38. The number of aryl methyl sites for hydroxylation is 1. The highest BCUT2D eigenvalue weighted by Gasteiger charge is 2.20. The van der Waals surface area contributed by atoms with Crippen LogP contribution in [-0.2, 0) is 11.3 Å². The van der Waals surface area contributed by atoms with E-state index in [9.17, 15) is 4.79 Å². The van der Waals surface area contributed by atoms with Crippen molar-refractivity contribution in [2.24, 2.45) is 4.99 Å². The first-order valence-electron chi connectivity index (χ1n) is 9.72. The van der Waals surface area contributed by atoms with Crippen LogP contribution < -0.4 is 10.6 Å². The van der Waals surface area contributed by atoms with Gasteiger partial charge in [0.1, 0.15) is 9.88 Å². The molecule has 0 fully saturated rings. The Labute approximate surface area is 203 Å². The van der Waals surface area contributed by atoms with E-state index < -0.39 is 0 Å². The van der Waals surface area contributed by atoms with Gasteiger partial charge in [-0.1, -0.05) is 12.1 Å². The minimum absolute atomic E-state index is 0. The molecule has 0 radical (unpaired) electrons. The van der Waals surface area contributed by atoms with Crippen LogP contribution in [0.5, 0.6) is 0 Å². The van der Waals surface area contributed by atoms with Gasteiger partial charge in [0.05, 0.1) is 24.0 Å². The number of hydrogen-bond acceptors (Lipinski definition) is 6. The molecule has 0 saturated carbocycles. The monoisotopic (exact) mass is 554 g/mol. The number of carbonyl (C=O) groups is 1. The number of guanidine groups is 1. The van der Waals surface area contributed by atoms with Gasteiger partial charge in [-0.3, -0.25) is 4.99 Å². The van der Waals surface area contributed by atoms with Gasteiger partial charge in [0.25, 0.3) is 0 Å². The molecule has 0 amide bonds. The van der Waals surface area contributed by atoms with Crippen LogP contribution in [0.25, 0.3) is 5.69 Å². The summed E-state index contributed by atoms with van der Waals surface area (Å²) < 4.78 is 6.91. The Morgan fingerprint density at radius 1 is 1.32 bits per heavy atom. The fraction of sp³-hybridized carbons (Fsp3) is 0.333. The molecule has 3 aromatic rings. The summed E-state index contributed by atoms with van der Waals surface area (Å²) in [4.78, 5) is 21.4. The van der Waals surface area contributed by atoms with Gasteiger partial charge in [-0.05, 0) is 44.5 Å². The van der Waals surface area contributed by atoms with Crippen molar-refractivity contribution >= 4 is 47.2 Å². The summed E-state index contributed by atoms with van der Waals surface area (Å²) in [6, 6.07) is 9.94. The summed E-state index contributed by atoms with van der Waals surface area (Å²) in [5, 5.41) is 11.7. The number of thiazole rings is 1. The minimum Gasteiger partial charge on any atom is -0.462 e. The van der Waals surface area contributed by atoms with E-state index in [1.807, 2.05) is 42.9 Å². The second-order valence-electron chi connectivity index (χ2n) is 6.60. The number of esters is 1. The maximum absolute atomic E-state index is 12.0. The van der Waals surface area contributed by atoms with Gasteiger partial charge < -0.3 is 15.4 Å². The van der Waals surface area contributed by atoms with Crippen LogP contribution in [0.15, 0.2) is 47.7 Å². The third kappa shape index (κ3) is 6.50. The number of hydrogen-bond donors (Lipinski definition) is 2. The lowest BCUT2D eigenvalue weighted by Gasteiger charge is -2.16. The summed E-state index contributed by atoms with van der Waals surface area (Å²) in [6.07, 6.45) is 3.67. The number of carbonyl (C=O) groups excluding carboxylic acids is 1. The zero-order valence-corrected chi connectivity index (χ0v) is 21.1. The Morgan fingerprint density at radius 2 is 2.06 bits per heavy atom. The predicted octanol–water partition coefficient (Wildman–Crippen LogP) is 3.86. The van der Waals surface area contributed by atoms with Gasteiger partial charge >= 0.3 is 5.97 Å². The molecule has 10 heteroatoms. The van der Waals surface area contributed by atoms with Gasteiger partial charge in [-0.25, -0.2) is 14.5 Å². The molecule has 0 spiro atoms. The Hall–Kier alpha value is -2.47. The Bertz CT molecular complexity index is 1000. The van der Waals surface area contributed by atoms with E-state index in [0.717, 1.165) is 16.3 Å². The molecule has 31 heavy (non-hydrogen) atoms. The molecule has 8 nitrogen and oxygen atoms in total. The third-order valence-electron chi connectivity index (χ3n) is 4.39. The standard InChI is InChI=1S/C21H26N6O2S.HI/c1-5-29-20(28)18-14(2)25-19(30-18)15(3)26-21(22-4)23-13-16-7-9-17(10-8-16)27-12-6-11-24-27;/h6-12,15H,5,13H2,1-4H3,(H2,22,23,26);1H. The van der Waals surface area contributed by atoms with Gasteiger partial charge in [0, 0.05) is 26.0 Å². The molecule has 1 aromatic carbocycles. The largest absolute Gasteiger partial charge is 0.462 e. The first-order valence-corrected chi connectivity index (χ1v) is 10.5. The molecule has 0 aliphatic carbocycles. The van der Waals surface area contributed by atoms with Crippen molar-refractivity contribution in [2.45, 2.75) is 33.4 Å². The molecule has 1 atom stereocenters. The van der Waals surface area contributed by atoms with Crippen molar-refractivity contribution in [1.82, 2.24) is 25.4 Å². The molecule has 0 bridgehead atoms. The van der Waals surface area contributed by atoms with E-state index in [4.69, 9.17) is 4.74 Å². The van der Waals surface area contributed by atoms with E-state index in [1.54, 1.807) is 20.2 Å². The minimum atomic E-state index is -0.327. The van der Waals surface area contributed by atoms with Gasteiger partial charge in [-0.15, -0.1) is 35.3 Å². The molecule has 0 saturated heterocycles. The smallest absolute Gasteiger partial charge is 0.350 e. The van der Waals surface area contributed by atoms with Gasteiger partial charge in [-0.2, -0.15) is 5.10 Å². The van der Waals surface area contributed by atoms with Crippen molar-refractivity contribution in [3.8, 4) is 5.69 Å². The average Bonchev–Trinajstić information content (AvgIpc) is 3.41. The predicted molar refractivity (Wildman–Crippen MR) is 134 cm³/mol. The summed E-state index contributed by atoms with van der Waals surface area (Å²) in [6.45, 7) is 6.56. The molecule has 2 N–H and O–H groups in total. The quantitative estimate of drug-likeness (QED) is 0.200. The van der Waals surface area contributed by atoms with Crippen LogP contribution in [0.1, 0.15) is 45.8 Å². The highest BCUT2D eigenvalue weighted by molar-refractivity contribution is 14.0. The number of aromatic nitrogens is 3. The van der Waals surface area contributed by atoms with E-state index >= 15 is 0 Å². The highest BCUT2D eigenvalue weighted by Crippen LogP contribution is 2.24. The maximum atomic E-state index is 12.0. The topological polar surface area (TPSA) is 93.4 Å². The average molecular weight is 554 g/mol. The number of nitrogens with one attached hydrogen (secondary N) is 2. The van der Waals surface area contributed by atoms with Crippen molar-refractivity contribution in [1.29, 1.82) is 0 Å². The normalized spacial score (nSPS) is 12.1. The van der Waals surface area contributed by atoms with Crippen LogP contribution in [0, 0.1) is 6.92 Å².